The number of benzene rings is 1. The van der Waals surface area contributed by atoms with Crippen LogP contribution in [0.4, 0.5) is 4.39 Å². The zero-order chi connectivity index (χ0) is 14.7. The van der Waals surface area contributed by atoms with Gasteiger partial charge >= 0.3 is 5.97 Å². The van der Waals surface area contributed by atoms with Crippen LogP contribution in [0.15, 0.2) is 24.3 Å². The molecule has 108 valence electrons. The van der Waals surface area contributed by atoms with Crippen molar-refractivity contribution in [2.45, 2.75) is 25.6 Å². The quantitative estimate of drug-likeness (QED) is 0.842. The summed E-state index contributed by atoms with van der Waals surface area (Å²) in [6.45, 7) is 1.91. The minimum absolute atomic E-state index is 0.0849. The van der Waals surface area contributed by atoms with E-state index in [1.54, 1.807) is 25.1 Å². The molecule has 2 atom stereocenters. The maximum absolute atomic E-state index is 13.9. The molecule has 1 N–H and O–H groups in total. The average molecular weight is 280 g/mol. The molecular formula is C14H17FN2O3. The highest BCUT2D eigenvalue weighted by molar-refractivity contribution is 5.84. The van der Waals surface area contributed by atoms with Crippen LogP contribution in [0.25, 0.3) is 0 Å². The van der Waals surface area contributed by atoms with Gasteiger partial charge in [-0.15, -0.1) is 0 Å². The Balaban J connectivity index is 2.20. The summed E-state index contributed by atoms with van der Waals surface area (Å²) in [5.74, 6) is -0.929. The predicted molar refractivity (Wildman–Crippen MR) is 70.1 cm³/mol. The van der Waals surface area contributed by atoms with E-state index >= 15 is 0 Å². The van der Waals surface area contributed by atoms with Gasteiger partial charge in [0, 0.05) is 12.1 Å². The second-order valence-electron chi connectivity index (χ2n) is 4.67. The minimum atomic E-state index is -0.552. The molecule has 0 saturated carbocycles. The highest BCUT2D eigenvalue weighted by Gasteiger charge is 2.38. The minimum Gasteiger partial charge on any atom is -0.469 e. The normalized spacial score (nSPS) is 22.1. The van der Waals surface area contributed by atoms with E-state index < -0.39 is 18.2 Å². The summed E-state index contributed by atoms with van der Waals surface area (Å²) in [5, 5.41) is 3.04. The number of halogens is 1. The van der Waals surface area contributed by atoms with Crippen molar-refractivity contribution in [1.29, 1.82) is 0 Å². The van der Waals surface area contributed by atoms with Crippen LogP contribution >= 0.6 is 0 Å². The smallest absolute Gasteiger partial charge is 0.307 e. The zero-order valence-corrected chi connectivity index (χ0v) is 11.4. The van der Waals surface area contributed by atoms with E-state index in [2.05, 4.69) is 10.1 Å². The fraction of sp³-hybridized carbons (Fsp3) is 0.429. The van der Waals surface area contributed by atoms with Crippen LogP contribution in [-0.2, 0) is 14.3 Å². The van der Waals surface area contributed by atoms with Crippen molar-refractivity contribution in [3.63, 3.8) is 0 Å². The Labute approximate surface area is 116 Å². The molecule has 1 aliphatic heterocycles. The van der Waals surface area contributed by atoms with Gasteiger partial charge < -0.3 is 9.64 Å². The van der Waals surface area contributed by atoms with E-state index in [9.17, 15) is 14.0 Å². The van der Waals surface area contributed by atoms with Gasteiger partial charge in [-0.3, -0.25) is 14.9 Å². The lowest BCUT2D eigenvalue weighted by molar-refractivity contribution is -0.141. The summed E-state index contributed by atoms with van der Waals surface area (Å²) < 4.78 is 18.4. The number of hydrogen-bond acceptors (Lipinski definition) is 4. The van der Waals surface area contributed by atoms with Crippen molar-refractivity contribution >= 4 is 11.9 Å². The lowest BCUT2D eigenvalue weighted by atomic mass is 10.1. The van der Waals surface area contributed by atoms with Gasteiger partial charge in [0.1, 0.15) is 12.0 Å². The summed E-state index contributed by atoms with van der Waals surface area (Å²) in [4.78, 5) is 24.8. The monoisotopic (exact) mass is 280 g/mol. The first kappa shape index (κ1) is 14.5. The molecule has 0 spiro atoms. The number of carbonyl (C=O) groups is 2. The van der Waals surface area contributed by atoms with Gasteiger partial charge in [0.2, 0.25) is 5.91 Å². The summed E-state index contributed by atoms with van der Waals surface area (Å²) in [6.07, 6.45) is -0.468. The van der Waals surface area contributed by atoms with Crippen LogP contribution in [0.2, 0.25) is 0 Å². The number of ether oxygens (including phenoxy) is 1. The first-order valence-electron chi connectivity index (χ1n) is 6.42. The average Bonchev–Trinajstić information content (AvgIpc) is 2.72. The Morgan fingerprint density at radius 2 is 2.15 bits per heavy atom. The zero-order valence-electron chi connectivity index (χ0n) is 11.4. The molecule has 0 bridgehead atoms. The number of hydrogen-bond donors (Lipinski definition) is 1. The standard InChI is InChI=1S/C14H17FN2O3/c1-9-14(19)17(8-7-12(18)20-2)13(16-9)10-5-3-4-6-11(10)15/h3-6,9,13,16H,7-8H2,1-2H3. The van der Waals surface area contributed by atoms with Gasteiger partial charge in [0.25, 0.3) is 0 Å². The first-order chi connectivity index (χ1) is 9.54. The van der Waals surface area contributed by atoms with Crippen molar-refractivity contribution in [3.05, 3.63) is 35.6 Å². The third-order valence-electron chi connectivity index (χ3n) is 3.36. The Morgan fingerprint density at radius 3 is 2.80 bits per heavy atom. The maximum atomic E-state index is 13.9. The number of carbonyl (C=O) groups excluding carboxylic acids is 2. The highest BCUT2D eigenvalue weighted by atomic mass is 19.1. The van der Waals surface area contributed by atoms with Crippen LogP contribution < -0.4 is 5.32 Å². The molecule has 0 radical (unpaired) electrons. The molecule has 1 aliphatic rings. The van der Waals surface area contributed by atoms with Gasteiger partial charge in [-0.2, -0.15) is 0 Å². The molecular weight excluding hydrogens is 263 g/mol. The van der Waals surface area contributed by atoms with E-state index in [-0.39, 0.29) is 24.7 Å². The summed E-state index contributed by atoms with van der Waals surface area (Å²) in [5.41, 5.74) is 0.398. The Bertz CT molecular complexity index is 521. The first-order valence-corrected chi connectivity index (χ1v) is 6.42. The van der Waals surface area contributed by atoms with Crippen molar-refractivity contribution in [2.75, 3.05) is 13.7 Å². The summed E-state index contributed by atoms with van der Waals surface area (Å²) in [7, 11) is 1.29. The molecule has 1 amide bonds. The fourth-order valence-electron chi connectivity index (χ4n) is 2.28. The summed E-state index contributed by atoms with van der Waals surface area (Å²) in [6, 6.07) is 5.88. The molecule has 5 nitrogen and oxygen atoms in total. The van der Waals surface area contributed by atoms with Gasteiger partial charge in [-0.25, -0.2) is 4.39 Å². The molecule has 1 heterocycles. The van der Waals surface area contributed by atoms with Crippen molar-refractivity contribution < 1.29 is 18.7 Å². The topological polar surface area (TPSA) is 58.6 Å². The van der Waals surface area contributed by atoms with Crippen LogP contribution in [0, 0.1) is 5.82 Å². The van der Waals surface area contributed by atoms with Crippen LogP contribution in [0.3, 0.4) is 0 Å². The second-order valence-corrected chi connectivity index (χ2v) is 4.67. The molecule has 0 aromatic heterocycles. The molecule has 1 fully saturated rings. The number of rotatable bonds is 4. The molecule has 0 aliphatic carbocycles. The largest absolute Gasteiger partial charge is 0.469 e. The van der Waals surface area contributed by atoms with Crippen molar-refractivity contribution in [2.24, 2.45) is 0 Å². The maximum Gasteiger partial charge on any atom is 0.307 e. The Morgan fingerprint density at radius 1 is 1.45 bits per heavy atom. The van der Waals surface area contributed by atoms with Crippen molar-refractivity contribution in [1.82, 2.24) is 10.2 Å². The Kier molecular flexibility index (Phi) is 4.34. The van der Waals surface area contributed by atoms with E-state index in [0.29, 0.717) is 5.56 Å². The van der Waals surface area contributed by atoms with E-state index in [0.717, 1.165) is 0 Å². The number of esters is 1. The molecule has 6 heteroatoms. The Hall–Kier alpha value is -1.95. The number of nitrogens with one attached hydrogen (secondary N) is 1. The lowest BCUT2D eigenvalue weighted by Crippen LogP contribution is -2.33. The molecule has 2 unspecified atom stereocenters. The fourth-order valence-corrected chi connectivity index (χ4v) is 2.28. The third kappa shape index (κ3) is 2.80. The molecule has 1 aromatic rings. The van der Waals surface area contributed by atoms with E-state index in [1.807, 2.05) is 0 Å². The van der Waals surface area contributed by atoms with Gasteiger partial charge in [0.05, 0.1) is 19.6 Å². The van der Waals surface area contributed by atoms with E-state index in [1.165, 1.54) is 18.1 Å². The highest BCUT2D eigenvalue weighted by Crippen LogP contribution is 2.27. The van der Waals surface area contributed by atoms with Gasteiger partial charge in [-0.1, -0.05) is 18.2 Å². The predicted octanol–water partition coefficient (Wildman–Crippen LogP) is 1.21. The number of nitrogens with zero attached hydrogens (tertiary/aromatic N) is 1. The van der Waals surface area contributed by atoms with Crippen LogP contribution in [0.5, 0.6) is 0 Å². The number of amides is 1. The van der Waals surface area contributed by atoms with Crippen molar-refractivity contribution in [3.8, 4) is 0 Å². The lowest BCUT2D eigenvalue weighted by Gasteiger charge is -2.24. The third-order valence-corrected chi connectivity index (χ3v) is 3.36. The molecule has 1 aromatic carbocycles. The van der Waals surface area contributed by atoms with E-state index in [4.69, 9.17) is 0 Å². The van der Waals surface area contributed by atoms with Gasteiger partial charge in [-0.05, 0) is 13.0 Å². The SMILES string of the molecule is COC(=O)CCN1C(=O)C(C)NC1c1ccccc1F. The molecule has 1 saturated heterocycles. The molecule has 2 rings (SSSR count). The second kappa shape index (κ2) is 6.00. The van der Waals surface area contributed by atoms with Gasteiger partial charge in [0.15, 0.2) is 0 Å². The molecule has 20 heavy (non-hydrogen) atoms. The summed E-state index contributed by atoms with van der Waals surface area (Å²) >= 11 is 0. The van der Waals surface area contributed by atoms with Crippen LogP contribution in [0.1, 0.15) is 25.1 Å². The number of methoxy groups -OCH3 is 1. The van der Waals surface area contributed by atoms with Crippen LogP contribution in [-0.4, -0.2) is 36.5 Å².